The molecule has 0 aliphatic heterocycles. The van der Waals surface area contributed by atoms with E-state index in [9.17, 15) is 25.2 Å². The average Bonchev–Trinajstić information content (AvgIpc) is 2.94. The smallest absolute Gasteiger partial charge is 0.327 e. The molecule has 0 heterocycles. The fraction of sp³-hybridized carbons (Fsp3) is 0.686. The number of carbonyl (C=O) groups is 1. The van der Waals surface area contributed by atoms with Gasteiger partial charge in [0.05, 0.1) is 24.4 Å². The molecule has 0 aliphatic carbocycles. The van der Waals surface area contributed by atoms with Crippen molar-refractivity contribution in [2.45, 2.75) is 137 Å². The Balaban J connectivity index is 4.59. The summed E-state index contributed by atoms with van der Waals surface area (Å²) < 4.78 is 0. The molecule has 236 valence electrons. The first-order chi connectivity index (χ1) is 19.4. The lowest BCUT2D eigenvalue weighted by atomic mass is 9.88. The van der Waals surface area contributed by atoms with Gasteiger partial charge in [-0.1, -0.05) is 94.2 Å². The van der Waals surface area contributed by atoms with E-state index in [-0.39, 0.29) is 24.0 Å². The Kier molecular flexibility index (Phi) is 22.4. The molecule has 7 unspecified atom stereocenters. The lowest BCUT2D eigenvalue weighted by Crippen LogP contribution is -2.21. The van der Waals surface area contributed by atoms with Crippen LogP contribution in [-0.4, -0.2) is 55.9 Å². The van der Waals surface area contributed by atoms with Gasteiger partial charge < -0.3 is 25.5 Å². The SMILES string of the molecule is CCCCC(CCC(O)CCC(C)CC/C=C(C)/C=C/C(O)C(C)/C=C/C(=O)O)C(O)/C=C/C(C)=C/CC(O)CC. The zero-order chi connectivity index (χ0) is 31.2. The molecule has 0 saturated heterocycles. The standard InChI is InChI=1S/C35H60O6/c1-7-9-13-30(34(39)24-17-28(5)14-20-31(36)8-2)19-22-32(37)21-15-26(3)11-10-12-27(4)16-23-33(38)29(6)18-25-35(40)41/h12,14,16-18,23-26,29-34,36-39H,7-11,13,15,19-22H2,1-6H3,(H,40,41)/b23-16+,24-17+,25-18+,27-12+,28-14+. The minimum Gasteiger partial charge on any atom is -0.478 e. The number of aliphatic carboxylic acids is 1. The van der Waals surface area contributed by atoms with Gasteiger partial charge in [-0.25, -0.2) is 4.79 Å². The van der Waals surface area contributed by atoms with E-state index in [1.165, 1.54) is 6.08 Å². The summed E-state index contributed by atoms with van der Waals surface area (Å²) in [4.78, 5) is 10.6. The van der Waals surface area contributed by atoms with E-state index in [1.807, 2.05) is 45.1 Å². The van der Waals surface area contributed by atoms with Gasteiger partial charge in [-0.3, -0.25) is 0 Å². The van der Waals surface area contributed by atoms with Crippen molar-refractivity contribution >= 4 is 5.97 Å². The van der Waals surface area contributed by atoms with Gasteiger partial charge >= 0.3 is 5.97 Å². The van der Waals surface area contributed by atoms with Gasteiger partial charge in [-0.2, -0.15) is 0 Å². The summed E-state index contributed by atoms with van der Waals surface area (Å²) in [5.74, 6) is -0.688. The number of carboxylic acid groups (broad SMARTS) is 1. The first-order valence-corrected chi connectivity index (χ1v) is 15.7. The third-order valence-electron chi connectivity index (χ3n) is 7.78. The van der Waals surface area contributed by atoms with Crippen LogP contribution in [0.15, 0.2) is 59.8 Å². The van der Waals surface area contributed by atoms with Crippen molar-refractivity contribution in [3.05, 3.63) is 59.8 Å². The Bertz CT molecular complexity index is 840. The number of allylic oxidation sites excluding steroid dienone is 5. The Morgan fingerprint density at radius 2 is 1.32 bits per heavy atom. The van der Waals surface area contributed by atoms with Crippen LogP contribution in [0.1, 0.15) is 112 Å². The maximum atomic E-state index is 10.8. The quantitative estimate of drug-likeness (QED) is 0.0644. The fourth-order valence-electron chi connectivity index (χ4n) is 4.53. The number of hydrogen-bond acceptors (Lipinski definition) is 5. The highest BCUT2D eigenvalue weighted by Gasteiger charge is 2.18. The third kappa shape index (κ3) is 21.4. The second-order valence-corrected chi connectivity index (χ2v) is 11.8. The van der Waals surface area contributed by atoms with Gasteiger partial charge in [0.25, 0.3) is 0 Å². The summed E-state index contributed by atoms with van der Waals surface area (Å²) in [6.07, 6.45) is 21.7. The van der Waals surface area contributed by atoms with E-state index in [2.05, 4.69) is 19.9 Å². The summed E-state index contributed by atoms with van der Waals surface area (Å²) in [6, 6.07) is 0. The number of hydrogen-bond donors (Lipinski definition) is 5. The van der Waals surface area contributed by atoms with Crippen LogP contribution < -0.4 is 0 Å². The molecule has 0 aromatic heterocycles. The predicted octanol–water partition coefficient (Wildman–Crippen LogP) is 7.30. The van der Waals surface area contributed by atoms with E-state index in [1.54, 1.807) is 13.0 Å². The lowest BCUT2D eigenvalue weighted by molar-refractivity contribution is -0.131. The highest BCUT2D eigenvalue weighted by molar-refractivity contribution is 5.79. The molecule has 0 aliphatic rings. The van der Waals surface area contributed by atoms with Crippen LogP contribution in [0, 0.1) is 17.8 Å². The Hall–Kier alpha value is -1.99. The first-order valence-electron chi connectivity index (χ1n) is 15.7. The molecule has 0 rings (SSSR count). The van der Waals surface area contributed by atoms with Crippen LogP contribution in [0.3, 0.4) is 0 Å². The van der Waals surface area contributed by atoms with Gasteiger partial charge in [-0.15, -0.1) is 0 Å². The zero-order valence-electron chi connectivity index (χ0n) is 26.6. The second-order valence-electron chi connectivity index (χ2n) is 11.8. The van der Waals surface area contributed by atoms with Crippen molar-refractivity contribution in [3.8, 4) is 0 Å². The molecule has 0 aromatic carbocycles. The number of aliphatic hydroxyl groups excluding tert-OH is 4. The van der Waals surface area contributed by atoms with Crippen molar-refractivity contribution in [1.29, 1.82) is 0 Å². The summed E-state index contributed by atoms with van der Waals surface area (Å²) in [5, 5.41) is 50.1. The number of rotatable bonds is 23. The van der Waals surface area contributed by atoms with E-state index >= 15 is 0 Å². The minimum absolute atomic E-state index is 0.128. The number of unbranched alkanes of at least 4 members (excludes halogenated alkanes) is 1. The molecule has 0 spiro atoms. The molecule has 6 nitrogen and oxygen atoms in total. The number of aliphatic hydroxyl groups is 4. The highest BCUT2D eigenvalue weighted by atomic mass is 16.4. The maximum Gasteiger partial charge on any atom is 0.327 e. The van der Waals surface area contributed by atoms with Crippen LogP contribution in [0.5, 0.6) is 0 Å². The second kappa shape index (κ2) is 23.6. The molecule has 0 fully saturated rings. The van der Waals surface area contributed by atoms with E-state index < -0.39 is 18.2 Å². The van der Waals surface area contributed by atoms with E-state index in [0.717, 1.165) is 75.0 Å². The maximum absolute atomic E-state index is 10.8. The monoisotopic (exact) mass is 576 g/mol. The Morgan fingerprint density at radius 1 is 0.707 bits per heavy atom. The van der Waals surface area contributed by atoms with Crippen LogP contribution in [0.25, 0.3) is 0 Å². The van der Waals surface area contributed by atoms with Crippen molar-refractivity contribution in [1.82, 2.24) is 0 Å². The van der Waals surface area contributed by atoms with Gasteiger partial charge in [0.2, 0.25) is 0 Å². The molecule has 0 amide bonds. The normalized spacial score (nSPS) is 18.6. The van der Waals surface area contributed by atoms with E-state index in [4.69, 9.17) is 5.11 Å². The van der Waals surface area contributed by atoms with Crippen molar-refractivity contribution in [2.24, 2.45) is 17.8 Å². The van der Waals surface area contributed by atoms with Crippen LogP contribution >= 0.6 is 0 Å². The van der Waals surface area contributed by atoms with Crippen LogP contribution in [0.4, 0.5) is 0 Å². The first kappa shape index (κ1) is 39.0. The van der Waals surface area contributed by atoms with Gasteiger partial charge in [0.15, 0.2) is 0 Å². The molecule has 5 N–H and O–H groups in total. The predicted molar refractivity (Wildman–Crippen MR) is 171 cm³/mol. The molecule has 6 heteroatoms. The van der Waals surface area contributed by atoms with Crippen molar-refractivity contribution in [2.75, 3.05) is 0 Å². The molecule has 7 atom stereocenters. The minimum atomic E-state index is -1.02. The largest absolute Gasteiger partial charge is 0.478 e. The molecular weight excluding hydrogens is 516 g/mol. The Labute approximate surface area is 250 Å². The number of carboxylic acids is 1. The molecule has 0 radical (unpaired) electrons. The van der Waals surface area contributed by atoms with E-state index in [0.29, 0.717) is 18.8 Å². The van der Waals surface area contributed by atoms with Crippen molar-refractivity contribution < 1.29 is 30.3 Å². The molecule has 0 saturated carbocycles. The van der Waals surface area contributed by atoms with Crippen molar-refractivity contribution in [3.63, 3.8) is 0 Å². The zero-order valence-corrected chi connectivity index (χ0v) is 26.6. The summed E-state index contributed by atoms with van der Waals surface area (Å²) in [6.45, 7) is 12.1. The fourth-order valence-corrected chi connectivity index (χ4v) is 4.53. The molecule has 41 heavy (non-hydrogen) atoms. The third-order valence-corrected chi connectivity index (χ3v) is 7.78. The molecule has 0 bridgehead atoms. The topological polar surface area (TPSA) is 118 Å². The highest BCUT2D eigenvalue weighted by Crippen LogP contribution is 2.24. The molecular formula is C35H60O6. The summed E-state index contributed by atoms with van der Waals surface area (Å²) >= 11 is 0. The van der Waals surface area contributed by atoms with Gasteiger partial charge in [-0.05, 0) is 83.5 Å². The van der Waals surface area contributed by atoms with Crippen LogP contribution in [-0.2, 0) is 4.79 Å². The molecule has 0 aromatic rings. The Morgan fingerprint density at radius 3 is 1.93 bits per heavy atom. The van der Waals surface area contributed by atoms with Gasteiger partial charge in [0, 0.05) is 12.0 Å². The van der Waals surface area contributed by atoms with Crippen LogP contribution in [0.2, 0.25) is 0 Å². The lowest BCUT2D eigenvalue weighted by Gasteiger charge is -2.22. The summed E-state index contributed by atoms with van der Waals surface area (Å²) in [5.41, 5.74) is 2.10. The van der Waals surface area contributed by atoms with Gasteiger partial charge in [0.1, 0.15) is 0 Å². The average molecular weight is 577 g/mol. The summed E-state index contributed by atoms with van der Waals surface area (Å²) in [7, 11) is 0.